The highest BCUT2D eigenvalue weighted by atomic mass is 19.2. The first-order valence-corrected chi connectivity index (χ1v) is 9.97. The van der Waals surface area contributed by atoms with Crippen molar-refractivity contribution < 1.29 is 32.2 Å². The number of benzene rings is 2. The zero-order valence-electron chi connectivity index (χ0n) is 17.5. The van der Waals surface area contributed by atoms with Crippen molar-refractivity contribution in [1.82, 2.24) is 9.61 Å². The van der Waals surface area contributed by atoms with E-state index in [9.17, 15) is 32.3 Å². The van der Waals surface area contributed by atoms with Crippen LogP contribution in [-0.2, 0) is 0 Å². The molecule has 0 fully saturated rings. The number of ether oxygens (including phenoxy) is 1. The largest absolute Gasteiger partial charge is 0.491 e. The topological polar surface area (TPSA) is 95.8 Å². The van der Waals surface area contributed by atoms with Gasteiger partial charge < -0.3 is 15.2 Å². The lowest BCUT2D eigenvalue weighted by molar-refractivity contribution is 0.102. The number of carbonyl (C=O) groups excluding carboxylic acids is 1. The van der Waals surface area contributed by atoms with Crippen LogP contribution in [0.5, 0.6) is 5.75 Å². The van der Waals surface area contributed by atoms with E-state index in [1.165, 1.54) is 48.0 Å². The van der Waals surface area contributed by atoms with Crippen LogP contribution in [0, 0.1) is 23.3 Å². The molecule has 176 valence electrons. The van der Waals surface area contributed by atoms with Gasteiger partial charge in [-0.15, -0.1) is 0 Å². The monoisotopic (exact) mass is 475 g/mol. The number of anilines is 1. The predicted octanol–water partition coefficient (Wildman–Crippen LogP) is 3.86. The second kappa shape index (κ2) is 9.02. The lowest BCUT2D eigenvalue weighted by atomic mass is 10.0. The molecule has 0 spiro atoms. The molecule has 0 radical (unpaired) electrons. The van der Waals surface area contributed by atoms with Gasteiger partial charge in [0.25, 0.3) is 11.5 Å². The van der Waals surface area contributed by atoms with Gasteiger partial charge in [-0.1, -0.05) is 18.2 Å². The molecule has 11 heteroatoms. The predicted molar refractivity (Wildman–Crippen MR) is 115 cm³/mol. The Morgan fingerprint density at radius 3 is 2.47 bits per heavy atom. The Kier molecular flexibility index (Phi) is 6.12. The Balaban J connectivity index is 1.73. The van der Waals surface area contributed by atoms with Gasteiger partial charge in [0.05, 0.1) is 17.2 Å². The van der Waals surface area contributed by atoms with E-state index in [1.54, 1.807) is 11.4 Å². The number of nitrogens with one attached hydrogen (secondary N) is 2. The van der Waals surface area contributed by atoms with E-state index < -0.39 is 57.7 Å². The first kappa shape index (κ1) is 23.1. The molecule has 0 aliphatic carbocycles. The third-order valence-corrected chi connectivity index (χ3v) is 4.91. The third-order valence-electron chi connectivity index (χ3n) is 4.91. The summed E-state index contributed by atoms with van der Waals surface area (Å²) in [7, 11) is 0. The summed E-state index contributed by atoms with van der Waals surface area (Å²) in [5.74, 6) is -8.35. The summed E-state index contributed by atoms with van der Waals surface area (Å²) in [5, 5.41) is 13.4. The van der Waals surface area contributed by atoms with Crippen LogP contribution in [0.2, 0.25) is 0 Å². The number of aliphatic hydroxyl groups excluding tert-OH is 1. The smallest absolute Gasteiger partial charge is 0.277 e. The van der Waals surface area contributed by atoms with Crippen molar-refractivity contribution in [1.29, 1.82) is 0 Å². The molecule has 0 saturated heterocycles. The third kappa shape index (κ3) is 4.13. The van der Waals surface area contributed by atoms with E-state index in [0.717, 1.165) is 6.07 Å². The summed E-state index contributed by atoms with van der Waals surface area (Å²) < 4.78 is 65.8. The fourth-order valence-electron chi connectivity index (χ4n) is 3.37. The van der Waals surface area contributed by atoms with Crippen LogP contribution in [0.15, 0.2) is 53.5 Å². The van der Waals surface area contributed by atoms with Gasteiger partial charge >= 0.3 is 0 Å². The fraction of sp³-hybridized carbons (Fsp3) is 0.130. The van der Waals surface area contributed by atoms with Crippen LogP contribution in [-0.4, -0.2) is 33.3 Å². The number of halogens is 4. The maximum Gasteiger partial charge on any atom is 0.277 e. The lowest BCUT2D eigenvalue weighted by Gasteiger charge is -2.14. The number of hydrogen-bond acceptors (Lipinski definition) is 4. The Labute approximate surface area is 189 Å². The number of pyridine rings is 1. The molecular formula is C23H17F4N3O4. The molecule has 0 aliphatic heterocycles. The highest BCUT2D eigenvalue weighted by Crippen LogP contribution is 2.36. The van der Waals surface area contributed by atoms with Crippen molar-refractivity contribution in [3.8, 4) is 16.9 Å². The molecule has 0 bridgehead atoms. The normalized spacial score (nSPS) is 12.1. The van der Waals surface area contributed by atoms with Crippen LogP contribution in [0.1, 0.15) is 17.3 Å². The summed E-state index contributed by atoms with van der Waals surface area (Å²) in [4.78, 5) is 24.7. The molecule has 2 heterocycles. The molecule has 0 aliphatic rings. The Morgan fingerprint density at radius 2 is 1.79 bits per heavy atom. The summed E-state index contributed by atoms with van der Waals surface area (Å²) in [6.45, 7) is 1.35. The minimum absolute atomic E-state index is 0.0948. The van der Waals surface area contributed by atoms with Crippen molar-refractivity contribution in [2.75, 3.05) is 11.9 Å². The maximum absolute atomic E-state index is 14.9. The Morgan fingerprint density at radius 1 is 1.09 bits per heavy atom. The maximum atomic E-state index is 14.9. The van der Waals surface area contributed by atoms with Crippen LogP contribution in [0.4, 0.5) is 23.2 Å². The highest BCUT2D eigenvalue weighted by Gasteiger charge is 2.29. The van der Waals surface area contributed by atoms with Crippen molar-refractivity contribution >= 4 is 17.1 Å². The van der Waals surface area contributed by atoms with Crippen molar-refractivity contribution in [3.05, 3.63) is 87.8 Å². The standard InChI is InChI=1S/C23H17F4N3O4/c1-11(31)10-34-13-6-4-5-12(9-13)15-17(24)19(26)21(20(27)18(15)25)28-22(32)16-14-7-2-3-8-30(14)29-23(16)33/h2-9,11,31H,10H2,1H3,(H,28,32)(H,29,33). The molecule has 0 saturated carbocycles. The number of carbonyl (C=O) groups is 1. The van der Waals surface area contributed by atoms with E-state index in [-0.39, 0.29) is 23.4 Å². The van der Waals surface area contributed by atoms with Gasteiger partial charge in [-0.3, -0.25) is 19.2 Å². The fourth-order valence-corrected chi connectivity index (χ4v) is 3.37. The van der Waals surface area contributed by atoms with Gasteiger partial charge in [-0.2, -0.15) is 0 Å². The second-order valence-electron chi connectivity index (χ2n) is 7.42. The zero-order chi connectivity index (χ0) is 24.6. The first-order valence-electron chi connectivity index (χ1n) is 9.97. The first-order chi connectivity index (χ1) is 16.2. The zero-order valence-corrected chi connectivity index (χ0v) is 17.5. The number of hydrogen-bond donors (Lipinski definition) is 3. The molecule has 34 heavy (non-hydrogen) atoms. The van der Waals surface area contributed by atoms with Gasteiger partial charge in [0, 0.05) is 6.20 Å². The average Bonchev–Trinajstić information content (AvgIpc) is 3.15. The van der Waals surface area contributed by atoms with Crippen LogP contribution in [0.3, 0.4) is 0 Å². The van der Waals surface area contributed by atoms with Gasteiger partial charge in [-0.05, 0) is 36.8 Å². The van der Waals surface area contributed by atoms with E-state index >= 15 is 0 Å². The number of fused-ring (bicyclic) bond motifs is 1. The molecule has 7 nitrogen and oxygen atoms in total. The summed E-state index contributed by atoms with van der Waals surface area (Å²) in [5.41, 5.74) is -3.88. The summed E-state index contributed by atoms with van der Waals surface area (Å²) in [6, 6.07) is 9.63. The van der Waals surface area contributed by atoms with E-state index in [1.807, 2.05) is 0 Å². The molecule has 4 aromatic rings. The summed E-state index contributed by atoms with van der Waals surface area (Å²) >= 11 is 0. The number of nitrogens with zero attached hydrogens (tertiary/aromatic N) is 1. The minimum Gasteiger partial charge on any atom is -0.491 e. The number of aliphatic hydroxyl groups is 1. The van der Waals surface area contributed by atoms with E-state index in [0.29, 0.717) is 0 Å². The van der Waals surface area contributed by atoms with Gasteiger partial charge in [0.15, 0.2) is 23.3 Å². The van der Waals surface area contributed by atoms with Crippen LogP contribution >= 0.6 is 0 Å². The lowest BCUT2D eigenvalue weighted by Crippen LogP contribution is -2.22. The Bertz CT molecular complexity index is 1430. The van der Waals surface area contributed by atoms with E-state index in [2.05, 4.69) is 5.10 Å². The van der Waals surface area contributed by atoms with Gasteiger partial charge in [-0.25, -0.2) is 17.6 Å². The molecule has 4 rings (SSSR count). The second-order valence-corrected chi connectivity index (χ2v) is 7.42. The SMILES string of the molecule is CC(O)COc1cccc(-c2c(F)c(F)c(NC(=O)c3c(=O)[nH]n4ccccc34)c(F)c2F)c1. The van der Waals surface area contributed by atoms with Crippen molar-refractivity contribution in [2.24, 2.45) is 0 Å². The summed E-state index contributed by atoms with van der Waals surface area (Å²) in [6.07, 6.45) is 0.613. The average molecular weight is 475 g/mol. The molecule has 1 amide bonds. The van der Waals surface area contributed by atoms with Crippen molar-refractivity contribution in [2.45, 2.75) is 13.0 Å². The highest BCUT2D eigenvalue weighted by molar-refractivity contribution is 6.08. The Hall–Kier alpha value is -4.12. The van der Waals surface area contributed by atoms with Gasteiger partial charge in [0.1, 0.15) is 23.6 Å². The molecule has 1 atom stereocenters. The molecular weight excluding hydrogens is 458 g/mol. The molecule has 3 N–H and O–H groups in total. The molecule has 1 unspecified atom stereocenters. The number of rotatable bonds is 6. The number of amides is 1. The minimum atomic E-state index is -1.85. The van der Waals surface area contributed by atoms with Crippen LogP contribution < -0.4 is 15.6 Å². The quantitative estimate of drug-likeness (QED) is 0.292. The van der Waals surface area contributed by atoms with Crippen LogP contribution in [0.25, 0.3) is 16.6 Å². The van der Waals surface area contributed by atoms with E-state index in [4.69, 9.17) is 4.74 Å². The van der Waals surface area contributed by atoms with Crippen molar-refractivity contribution in [3.63, 3.8) is 0 Å². The number of aromatic amines is 1. The molecule has 2 aromatic carbocycles. The molecule has 2 aromatic heterocycles. The number of H-pyrrole nitrogens is 1. The van der Waals surface area contributed by atoms with Gasteiger partial charge in [0.2, 0.25) is 0 Å². The number of aromatic nitrogens is 2.